The quantitative estimate of drug-likeness (QED) is 0.263. The number of rotatable bonds is 8. The average Bonchev–Trinajstić information content (AvgIpc) is 2.56. The van der Waals surface area contributed by atoms with Gasteiger partial charge < -0.3 is 14.0 Å². The summed E-state index contributed by atoms with van der Waals surface area (Å²) < 4.78 is 32.5. The van der Waals surface area contributed by atoms with Gasteiger partial charge in [0.25, 0.3) is 5.79 Å². The molecule has 1 aromatic rings. The molecule has 11 heteroatoms. The molecule has 1 aliphatic rings. The average molecular weight is 457 g/mol. The maximum atomic E-state index is 11.7. The van der Waals surface area contributed by atoms with Gasteiger partial charge in [-0.1, -0.05) is 53.7 Å². The molecule has 1 aliphatic heterocycles. The Morgan fingerprint density at radius 1 is 1.17 bits per heavy atom. The van der Waals surface area contributed by atoms with E-state index in [-0.39, 0.29) is 47.3 Å². The van der Waals surface area contributed by atoms with Gasteiger partial charge in [-0.3, -0.25) is 4.89 Å². The molecule has 2 rings (SSSR count). The van der Waals surface area contributed by atoms with E-state index in [4.69, 9.17) is 29.7 Å². The first-order valence-electron chi connectivity index (χ1n) is 9.23. The Labute approximate surface area is 200 Å². The molecule has 168 valence electrons. The van der Waals surface area contributed by atoms with Crippen molar-refractivity contribution in [2.45, 2.75) is 52.9 Å². The van der Waals surface area contributed by atoms with Crippen LogP contribution in [0.5, 0.6) is 5.75 Å². The molecular weight excluding hydrogens is 424 g/mol. The molecule has 0 amide bonds. The van der Waals surface area contributed by atoms with Crippen molar-refractivity contribution in [3.8, 4) is 5.75 Å². The molecule has 0 saturated carbocycles. The van der Waals surface area contributed by atoms with Gasteiger partial charge in [-0.15, -0.1) is 0 Å². The molecule has 0 aromatic heterocycles. The van der Waals surface area contributed by atoms with E-state index in [0.717, 1.165) is 0 Å². The van der Waals surface area contributed by atoms with E-state index in [1.807, 2.05) is 20.8 Å². The summed E-state index contributed by atoms with van der Waals surface area (Å²) in [6, 6.07) is 6.38. The van der Waals surface area contributed by atoms with Gasteiger partial charge in [0, 0.05) is 18.1 Å². The van der Waals surface area contributed by atoms with Crippen molar-refractivity contribution in [1.82, 2.24) is 0 Å². The van der Waals surface area contributed by atoms with Crippen LogP contribution in [-0.2, 0) is 34.2 Å². The Bertz CT molecular complexity index is 762. The molecule has 1 heterocycles. The molecular formula is C19H33NNaO8P. The summed E-state index contributed by atoms with van der Waals surface area (Å²) in [5.74, 6) is 3.54. The third-order valence-electron chi connectivity index (χ3n) is 4.74. The molecule has 0 spiro atoms. The van der Waals surface area contributed by atoms with E-state index in [9.17, 15) is 9.46 Å². The van der Waals surface area contributed by atoms with Crippen molar-refractivity contribution in [1.29, 1.82) is 0 Å². The zero-order chi connectivity index (χ0) is 22.1. The van der Waals surface area contributed by atoms with Gasteiger partial charge in [0.2, 0.25) is 0 Å². The maximum absolute atomic E-state index is 11.7. The summed E-state index contributed by atoms with van der Waals surface area (Å²) in [4.78, 5) is 20.7. The summed E-state index contributed by atoms with van der Waals surface area (Å²) in [5.41, 5.74) is -0.957. The molecule has 0 aliphatic carbocycles. The van der Waals surface area contributed by atoms with Crippen LogP contribution in [0.1, 0.15) is 47.1 Å². The molecule has 3 N–H and O–H groups in total. The second kappa shape index (κ2) is 9.85. The van der Waals surface area contributed by atoms with Crippen molar-refractivity contribution < 1.29 is 37.9 Å². The molecule has 3 atom stereocenters. The van der Waals surface area contributed by atoms with Gasteiger partial charge in [-0.05, 0) is 17.5 Å². The minimum absolute atomic E-state index is 0. The number of phosphoric acid groups is 1. The summed E-state index contributed by atoms with van der Waals surface area (Å²) in [6.07, 6.45) is 0. The molecule has 0 radical (unpaired) electrons. The Morgan fingerprint density at radius 2 is 1.80 bits per heavy atom. The second-order valence-electron chi connectivity index (χ2n) is 9.31. The number of nitrogens with two attached hydrogens (primary N) is 1. The summed E-state index contributed by atoms with van der Waals surface area (Å²) >= 11 is 0. The van der Waals surface area contributed by atoms with Crippen molar-refractivity contribution in [2.24, 2.45) is 16.7 Å². The molecule has 30 heavy (non-hydrogen) atoms. The number of methoxy groups -OCH3 is 1. The van der Waals surface area contributed by atoms with Gasteiger partial charge >= 0.3 is 37.4 Å². The van der Waals surface area contributed by atoms with E-state index >= 15 is 0 Å². The van der Waals surface area contributed by atoms with Crippen LogP contribution in [-0.4, -0.2) is 60.4 Å². The number of ether oxygens (including phenoxy) is 2. The number of benzene rings is 1. The van der Waals surface area contributed by atoms with Gasteiger partial charge in [0.15, 0.2) is 5.60 Å². The van der Waals surface area contributed by atoms with Crippen LogP contribution >= 0.6 is 7.82 Å². The van der Waals surface area contributed by atoms with Crippen LogP contribution < -0.4 is 10.4 Å². The van der Waals surface area contributed by atoms with Crippen molar-refractivity contribution in [2.75, 3.05) is 20.3 Å². The van der Waals surface area contributed by atoms with Gasteiger partial charge in [-0.25, -0.2) is 15.3 Å². The zero-order valence-corrected chi connectivity index (χ0v) is 18.9. The SMILES string of the molecule is COC1(c2cccc(OP(=O)(O)ON)c2)OOC1(COCC(C)(C)C)C(C)(C)C.[NaH]. The van der Waals surface area contributed by atoms with Crippen LogP contribution in [0.15, 0.2) is 24.3 Å². The second-order valence-corrected chi connectivity index (χ2v) is 10.6. The topological polar surface area (TPSA) is 119 Å². The predicted molar refractivity (Wildman–Crippen MR) is 113 cm³/mol. The van der Waals surface area contributed by atoms with E-state index in [0.29, 0.717) is 12.2 Å². The fourth-order valence-corrected chi connectivity index (χ4v) is 3.61. The third kappa shape index (κ3) is 5.66. The summed E-state index contributed by atoms with van der Waals surface area (Å²) in [7, 11) is -2.93. The van der Waals surface area contributed by atoms with E-state index in [1.165, 1.54) is 19.2 Å². The first-order chi connectivity index (χ1) is 13.2. The van der Waals surface area contributed by atoms with Crippen LogP contribution in [0, 0.1) is 10.8 Å². The van der Waals surface area contributed by atoms with Crippen LogP contribution in [0.3, 0.4) is 0 Å². The zero-order valence-electron chi connectivity index (χ0n) is 18.1. The molecule has 9 nitrogen and oxygen atoms in total. The van der Waals surface area contributed by atoms with E-state index in [2.05, 4.69) is 25.4 Å². The van der Waals surface area contributed by atoms with Crippen LogP contribution in [0.4, 0.5) is 0 Å². The minimum atomic E-state index is -4.43. The van der Waals surface area contributed by atoms with E-state index in [1.54, 1.807) is 12.1 Å². The normalized spacial score (nSPS) is 26.3. The van der Waals surface area contributed by atoms with E-state index < -0.39 is 24.6 Å². The van der Waals surface area contributed by atoms with Crippen LogP contribution in [0.25, 0.3) is 0 Å². The first kappa shape index (κ1) is 28.0. The third-order valence-corrected chi connectivity index (χ3v) is 5.45. The first-order valence-corrected chi connectivity index (χ1v) is 10.7. The van der Waals surface area contributed by atoms with Gasteiger partial charge in [-0.2, -0.15) is 9.51 Å². The molecule has 3 unspecified atom stereocenters. The number of hydrogen-bond acceptors (Lipinski definition) is 8. The van der Waals surface area contributed by atoms with Crippen molar-refractivity contribution in [3.05, 3.63) is 29.8 Å². The van der Waals surface area contributed by atoms with Crippen molar-refractivity contribution >= 4 is 37.4 Å². The van der Waals surface area contributed by atoms with Gasteiger partial charge in [0.1, 0.15) is 5.75 Å². The Kier molecular flexibility index (Phi) is 9.19. The number of phosphoric ester groups is 1. The molecule has 1 saturated heterocycles. The van der Waals surface area contributed by atoms with Crippen LogP contribution in [0.2, 0.25) is 0 Å². The number of hydrogen-bond donors (Lipinski definition) is 2. The summed E-state index contributed by atoms with van der Waals surface area (Å²) in [5, 5.41) is 0. The predicted octanol–water partition coefficient (Wildman–Crippen LogP) is 3.02. The Morgan fingerprint density at radius 3 is 2.23 bits per heavy atom. The molecule has 1 aromatic carbocycles. The fourth-order valence-electron chi connectivity index (χ4n) is 3.18. The standard InChI is InChI=1S/C19H32NO8P.Na.H/c1-16(2,3)12-24-13-18(17(4,5)6)19(23-7,27-26-18)14-9-8-10-15(11-14)25-29(21,22)28-20;;/h8-11H,12-13,20H2,1-7H3,(H,21,22);;. The Balaban J connectivity index is 0.00000450. The molecule has 1 fully saturated rings. The molecule has 0 bridgehead atoms. The monoisotopic (exact) mass is 457 g/mol. The Hall–Kier alpha value is -0.0300. The van der Waals surface area contributed by atoms with Crippen molar-refractivity contribution in [3.63, 3.8) is 0 Å². The fraction of sp³-hybridized carbons (Fsp3) is 0.684. The summed E-state index contributed by atoms with van der Waals surface area (Å²) in [6.45, 7) is 12.9. The van der Waals surface area contributed by atoms with Gasteiger partial charge in [0.05, 0.1) is 13.2 Å².